The van der Waals surface area contributed by atoms with Gasteiger partial charge >= 0.3 is 0 Å². The molecule has 100 valence electrons. The fourth-order valence-corrected chi connectivity index (χ4v) is 1.62. The van der Waals surface area contributed by atoms with Gasteiger partial charge in [-0.15, -0.1) is 0 Å². The number of rotatable bonds is 4. The molecule has 1 rings (SSSR count). The van der Waals surface area contributed by atoms with Crippen molar-refractivity contribution in [2.45, 2.75) is 39.2 Å². The van der Waals surface area contributed by atoms with Gasteiger partial charge in [-0.3, -0.25) is 4.79 Å². The van der Waals surface area contributed by atoms with Crippen LogP contribution in [0.5, 0.6) is 0 Å². The lowest BCUT2D eigenvalue weighted by Crippen LogP contribution is -2.50. The van der Waals surface area contributed by atoms with E-state index >= 15 is 0 Å². The fourth-order valence-electron chi connectivity index (χ4n) is 1.62. The second-order valence-electron chi connectivity index (χ2n) is 5.66. The first-order chi connectivity index (χ1) is 8.29. The topological polar surface area (TPSA) is 46.3 Å². The molecule has 3 nitrogen and oxygen atoms in total. The van der Waals surface area contributed by atoms with Crippen molar-refractivity contribution >= 4 is 5.91 Å². The predicted molar refractivity (Wildman–Crippen MR) is 75.8 cm³/mol. The molecule has 0 aliphatic rings. The number of likely N-dealkylation sites (N-methyl/N-ethyl adjacent to an activating group) is 1. The van der Waals surface area contributed by atoms with Crippen LogP contribution in [0.1, 0.15) is 49.5 Å². The Balaban J connectivity index is 2.91. The number of carbonyl (C=O) groups excluding carboxylic acids is 1. The first-order valence-corrected chi connectivity index (χ1v) is 6.38. The molecule has 0 aliphatic carbocycles. The zero-order chi connectivity index (χ0) is 13.9. The van der Waals surface area contributed by atoms with E-state index in [1.54, 1.807) is 11.9 Å². The van der Waals surface area contributed by atoms with Crippen LogP contribution in [0.25, 0.3) is 0 Å². The van der Waals surface area contributed by atoms with Gasteiger partial charge in [0.25, 0.3) is 5.91 Å². The highest BCUT2D eigenvalue weighted by molar-refractivity contribution is 5.94. The summed E-state index contributed by atoms with van der Waals surface area (Å²) >= 11 is 0. The molecule has 1 amide bonds. The monoisotopic (exact) mass is 248 g/mol. The van der Waals surface area contributed by atoms with Gasteiger partial charge in [0.1, 0.15) is 0 Å². The Hall–Kier alpha value is -1.35. The maximum Gasteiger partial charge on any atom is 0.254 e. The highest BCUT2D eigenvalue weighted by atomic mass is 16.2. The Morgan fingerprint density at radius 3 is 2.17 bits per heavy atom. The van der Waals surface area contributed by atoms with E-state index in [4.69, 9.17) is 5.73 Å². The average Bonchev–Trinajstić information content (AvgIpc) is 2.37. The molecule has 0 radical (unpaired) electrons. The highest BCUT2D eigenvalue weighted by Gasteiger charge is 2.26. The molecule has 0 aromatic heterocycles. The molecule has 0 atom stereocenters. The van der Waals surface area contributed by atoms with Crippen LogP contribution in [-0.2, 0) is 0 Å². The lowest BCUT2D eigenvalue weighted by atomic mass is 9.99. The Morgan fingerprint density at radius 1 is 1.28 bits per heavy atom. The Kier molecular flexibility index (Phi) is 4.52. The van der Waals surface area contributed by atoms with E-state index in [1.807, 2.05) is 38.1 Å². The van der Waals surface area contributed by atoms with Crippen molar-refractivity contribution in [1.82, 2.24) is 4.90 Å². The molecule has 0 saturated heterocycles. The lowest BCUT2D eigenvalue weighted by Gasteiger charge is -2.34. The van der Waals surface area contributed by atoms with Crippen molar-refractivity contribution in [2.75, 3.05) is 13.6 Å². The van der Waals surface area contributed by atoms with Gasteiger partial charge in [0.15, 0.2) is 0 Å². The van der Waals surface area contributed by atoms with E-state index in [2.05, 4.69) is 13.8 Å². The van der Waals surface area contributed by atoms with Crippen LogP contribution in [0.15, 0.2) is 24.3 Å². The molecule has 0 fully saturated rings. The highest BCUT2D eigenvalue weighted by Crippen LogP contribution is 2.18. The first-order valence-electron chi connectivity index (χ1n) is 6.38. The van der Waals surface area contributed by atoms with Crippen LogP contribution in [0.4, 0.5) is 0 Å². The minimum atomic E-state index is -0.326. The maximum atomic E-state index is 12.3. The SMILES string of the molecule is CC(C)c1ccc(C(=O)N(C)C(C)(C)CN)cc1. The van der Waals surface area contributed by atoms with Gasteiger partial charge in [-0.2, -0.15) is 0 Å². The average molecular weight is 248 g/mol. The molecule has 0 aliphatic heterocycles. The molecule has 1 aromatic rings. The van der Waals surface area contributed by atoms with Crippen molar-refractivity contribution in [3.8, 4) is 0 Å². The van der Waals surface area contributed by atoms with Gasteiger partial charge in [0.05, 0.1) is 0 Å². The smallest absolute Gasteiger partial charge is 0.254 e. The minimum absolute atomic E-state index is 0.0146. The summed E-state index contributed by atoms with van der Waals surface area (Å²) in [4.78, 5) is 14.0. The van der Waals surface area contributed by atoms with Gasteiger partial charge < -0.3 is 10.6 Å². The van der Waals surface area contributed by atoms with E-state index < -0.39 is 0 Å². The summed E-state index contributed by atoms with van der Waals surface area (Å²) in [5.41, 5.74) is 7.32. The van der Waals surface area contributed by atoms with Crippen molar-refractivity contribution in [1.29, 1.82) is 0 Å². The van der Waals surface area contributed by atoms with Crippen molar-refractivity contribution in [3.05, 3.63) is 35.4 Å². The molecule has 2 N–H and O–H groups in total. The number of nitrogens with zero attached hydrogens (tertiary/aromatic N) is 1. The van der Waals surface area contributed by atoms with E-state index in [9.17, 15) is 4.79 Å². The summed E-state index contributed by atoms with van der Waals surface area (Å²) in [6, 6.07) is 7.81. The second-order valence-corrected chi connectivity index (χ2v) is 5.66. The zero-order valence-corrected chi connectivity index (χ0v) is 12.0. The number of hydrogen-bond donors (Lipinski definition) is 1. The Labute approximate surface area is 110 Å². The van der Waals surface area contributed by atoms with Gasteiger partial charge in [0.2, 0.25) is 0 Å². The third-order valence-corrected chi connectivity index (χ3v) is 3.54. The van der Waals surface area contributed by atoms with E-state index in [0.717, 1.165) is 0 Å². The van der Waals surface area contributed by atoms with Gasteiger partial charge in [-0.05, 0) is 37.5 Å². The molecule has 0 saturated carbocycles. The number of benzene rings is 1. The molecule has 3 heteroatoms. The van der Waals surface area contributed by atoms with Crippen molar-refractivity contribution in [3.63, 3.8) is 0 Å². The van der Waals surface area contributed by atoms with Crippen LogP contribution in [0.3, 0.4) is 0 Å². The standard InChI is InChI=1S/C15H24N2O/c1-11(2)12-6-8-13(9-7-12)14(18)17(5)15(3,4)10-16/h6-9,11H,10,16H2,1-5H3. The summed E-state index contributed by atoms with van der Waals surface area (Å²) in [7, 11) is 1.80. The molecule has 0 spiro atoms. The lowest BCUT2D eigenvalue weighted by molar-refractivity contribution is 0.0640. The molecule has 18 heavy (non-hydrogen) atoms. The summed E-state index contributed by atoms with van der Waals surface area (Å²) in [6.45, 7) is 8.65. The third-order valence-electron chi connectivity index (χ3n) is 3.54. The van der Waals surface area contributed by atoms with Gasteiger partial charge in [0, 0.05) is 24.7 Å². The molecule has 1 aromatic carbocycles. The summed E-state index contributed by atoms with van der Waals surface area (Å²) in [5.74, 6) is 0.494. The summed E-state index contributed by atoms with van der Waals surface area (Å²) in [5, 5.41) is 0. The summed E-state index contributed by atoms with van der Waals surface area (Å²) < 4.78 is 0. The van der Waals surface area contributed by atoms with Crippen LogP contribution in [0.2, 0.25) is 0 Å². The number of nitrogens with two attached hydrogens (primary N) is 1. The molecular formula is C15H24N2O. The normalized spacial score (nSPS) is 11.7. The molecule has 0 bridgehead atoms. The second kappa shape index (κ2) is 5.53. The van der Waals surface area contributed by atoms with Crippen LogP contribution in [0, 0.1) is 0 Å². The zero-order valence-electron chi connectivity index (χ0n) is 12.0. The number of carbonyl (C=O) groups is 1. The van der Waals surface area contributed by atoms with Crippen LogP contribution < -0.4 is 5.73 Å². The maximum absolute atomic E-state index is 12.3. The third kappa shape index (κ3) is 3.10. The molecule has 0 heterocycles. The Bertz CT molecular complexity index is 407. The summed E-state index contributed by atoms with van der Waals surface area (Å²) in [6.07, 6.45) is 0. The predicted octanol–water partition coefficient (Wildman–Crippen LogP) is 2.62. The van der Waals surface area contributed by atoms with E-state index in [1.165, 1.54) is 5.56 Å². The van der Waals surface area contributed by atoms with Gasteiger partial charge in [-0.25, -0.2) is 0 Å². The molecular weight excluding hydrogens is 224 g/mol. The van der Waals surface area contributed by atoms with Gasteiger partial charge in [-0.1, -0.05) is 26.0 Å². The molecule has 0 unspecified atom stereocenters. The van der Waals surface area contributed by atoms with Crippen molar-refractivity contribution in [2.24, 2.45) is 5.73 Å². The quantitative estimate of drug-likeness (QED) is 0.890. The number of hydrogen-bond acceptors (Lipinski definition) is 2. The van der Waals surface area contributed by atoms with Crippen LogP contribution in [-0.4, -0.2) is 29.9 Å². The van der Waals surface area contributed by atoms with E-state index in [-0.39, 0.29) is 11.4 Å². The number of amides is 1. The van der Waals surface area contributed by atoms with Crippen LogP contribution >= 0.6 is 0 Å². The first kappa shape index (κ1) is 14.7. The minimum Gasteiger partial charge on any atom is -0.335 e. The Morgan fingerprint density at radius 2 is 1.78 bits per heavy atom. The van der Waals surface area contributed by atoms with Crippen molar-refractivity contribution < 1.29 is 4.79 Å². The van der Waals surface area contributed by atoms with E-state index in [0.29, 0.717) is 18.0 Å². The largest absolute Gasteiger partial charge is 0.335 e. The fraction of sp³-hybridized carbons (Fsp3) is 0.533.